The van der Waals surface area contributed by atoms with Crippen molar-refractivity contribution in [1.29, 1.82) is 0 Å². The van der Waals surface area contributed by atoms with E-state index in [4.69, 9.17) is 18.9 Å². The zero-order valence-corrected chi connectivity index (χ0v) is 36.6. The van der Waals surface area contributed by atoms with Gasteiger partial charge >= 0.3 is 17.9 Å². The van der Waals surface area contributed by atoms with Gasteiger partial charge in [0, 0.05) is 32.0 Å². The Morgan fingerprint density at radius 1 is 0.810 bits per heavy atom. The van der Waals surface area contributed by atoms with Crippen molar-refractivity contribution >= 4 is 23.8 Å². The summed E-state index contributed by atoms with van der Waals surface area (Å²) >= 11 is 0. The highest BCUT2D eigenvalue weighted by molar-refractivity contribution is 6.03. The van der Waals surface area contributed by atoms with E-state index in [1.807, 2.05) is 0 Å². The zero-order valence-electron chi connectivity index (χ0n) is 36.6. The van der Waals surface area contributed by atoms with Crippen LogP contribution in [-0.2, 0) is 28.5 Å². The summed E-state index contributed by atoms with van der Waals surface area (Å²) in [5.74, 6) is -0.297. The van der Waals surface area contributed by atoms with Crippen LogP contribution in [0.1, 0.15) is 140 Å². The molecule has 5 aliphatic carbocycles. The van der Waals surface area contributed by atoms with Gasteiger partial charge in [0.2, 0.25) is 5.91 Å². The Bertz CT molecular complexity index is 1780. The van der Waals surface area contributed by atoms with Gasteiger partial charge < -0.3 is 24.3 Å². The average Bonchev–Trinajstić information content (AvgIpc) is 3.18. The topological polar surface area (TPSA) is 120 Å². The van der Waals surface area contributed by atoms with Crippen LogP contribution in [0, 0.1) is 50.2 Å². The lowest BCUT2D eigenvalue weighted by molar-refractivity contribution is -0.206. The molecule has 58 heavy (non-hydrogen) atoms. The molecule has 1 heterocycles. The zero-order chi connectivity index (χ0) is 41.7. The molecular weight excluding hydrogens is 733 g/mol. The number of nitrogens with zero attached hydrogens (tertiary/aromatic N) is 1. The van der Waals surface area contributed by atoms with Crippen molar-refractivity contribution in [1.82, 2.24) is 10.2 Å². The summed E-state index contributed by atoms with van der Waals surface area (Å²) < 4.78 is 23.6. The molecule has 0 spiro atoms. The molecule has 0 bridgehead atoms. The molecule has 7 rings (SSSR count). The molecule has 0 radical (unpaired) electrons. The number of allylic oxidation sites excluding steroid dienone is 2. The van der Waals surface area contributed by atoms with Crippen molar-refractivity contribution in [2.24, 2.45) is 50.2 Å². The summed E-state index contributed by atoms with van der Waals surface area (Å²) in [7, 11) is 0. The summed E-state index contributed by atoms with van der Waals surface area (Å²) in [6.45, 7) is 23.1. The molecule has 8 atom stereocenters. The number of hydrogen-bond donors (Lipinski definition) is 1. The van der Waals surface area contributed by atoms with Crippen LogP contribution in [0.15, 0.2) is 35.9 Å². The normalized spacial score (nSPS) is 36.4. The number of carbonyl (C=O) groups excluding carboxylic acids is 4. The molecule has 10 nitrogen and oxygen atoms in total. The van der Waals surface area contributed by atoms with Crippen molar-refractivity contribution in [3.63, 3.8) is 0 Å². The van der Waals surface area contributed by atoms with Crippen LogP contribution in [0.25, 0.3) is 0 Å². The number of amides is 1. The van der Waals surface area contributed by atoms with Gasteiger partial charge in [0.1, 0.15) is 19.3 Å². The Morgan fingerprint density at radius 3 is 2.21 bits per heavy atom. The van der Waals surface area contributed by atoms with Gasteiger partial charge in [-0.1, -0.05) is 72.2 Å². The molecule has 1 aromatic rings. The molecule has 1 N–H and O–H groups in total. The summed E-state index contributed by atoms with van der Waals surface area (Å²) in [6.07, 6.45) is 12.0. The van der Waals surface area contributed by atoms with Gasteiger partial charge in [0.25, 0.3) is 0 Å². The summed E-state index contributed by atoms with van der Waals surface area (Å²) in [5.41, 5.74) is 1.40. The second-order valence-electron chi connectivity index (χ2n) is 20.9. The highest BCUT2D eigenvalue weighted by Crippen LogP contribution is 2.76. The second kappa shape index (κ2) is 16.0. The van der Waals surface area contributed by atoms with Crippen LogP contribution in [0.2, 0.25) is 0 Å². The minimum atomic E-state index is -0.615. The summed E-state index contributed by atoms with van der Waals surface area (Å²) in [4.78, 5) is 54.9. The predicted molar refractivity (Wildman–Crippen MR) is 222 cm³/mol. The van der Waals surface area contributed by atoms with Crippen LogP contribution in [0.3, 0.4) is 0 Å². The van der Waals surface area contributed by atoms with Gasteiger partial charge in [0.05, 0.1) is 36.3 Å². The first kappa shape index (κ1) is 42.9. The van der Waals surface area contributed by atoms with Gasteiger partial charge in [-0.15, -0.1) is 0 Å². The SMILES string of the molecule is CC(=O)NCCOC(=O)c1ccccc1C(=O)O[C@H]1CC[C@]2(C)C3CC=C4C5CC(C)(C)CC[C@]5(C(=O)OCCN5CCOCC5)CC[C@@]4(C)[C@]3(C)CC[C@H]2C1(C)C. The molecule has 1 saturated heterocycles. The van der Waals surface area contributed by atoms with E-state index >= 15 is 0 Å². The smallest absolute Gasteiger partial charge is 0.339 e. The number of ether oxygens (including phenoxy) is 4. The number of esters is 3. The Balaban J connectivity index is 1.09. The molecule has 320 valence electrons. The fraction of sp³-hybridized carbons (Fsp3) is 0.750. The minimum absolute atomic E-state index is 0.00924. The molecule has 1 amide bonds. The highest BCUT2D eigenvalue weighted by atomic mass is 16.6. The molecule has 6 aliphatic rings. The van der Waals surface area contributed by atoms with Gasteiger partial charge in [-0.05, 0) is 116 Å². The van der Waals surface area contributed by atoms with Crippen molar-refractivity contribution in [3.05, 3.63) is 47.0 Å². The minimum Gasteiger partial charge on any atom is -0.464 e. The fourth-order valence-electron chi connectivity index (χ4n) is 13.5. The third kappa shape index (κ3) is 7.45. The van der Waals surface area contributed by atoms with Crippen molar-refractivity contribution in [3.8, 4) is 0 Å². The van der Waals surface area contributed by atoms with Crippen molar-refractivity contribution in [2.75, 3.05) is 52.6 Å². The number of morpholine rings is 1. The van der Waals surface area contributed by atoms with E-state index in [-0.39, 0.29) is 75.3 Å². The lowest BCUT2D eigenvalue weighted by Gasteiger charge is -2.71. The van der Waals surface area contributed by atoms with Gasteiger partial charge in [-0.3, -0.25) is 14.5 Å². The van der Waals surface area contributed by atoms with Crippen molar-refractivity contribution in [2.45, 2.75) is 126 Å². The predicted octanol–water partition coefficient (Wildman–Crippen LogP) is 8.18. The fourth-order valence-corrected chi connectivity index (χ4v) is 13.5. The first-order chi connectivity index (χ1) is 27.4. The molecular formula is C48H70N2O8. The van der Waals surface area contributed by atoms with Gasteiger partial charge in [-0.25, -0.2) is 9.59 Å². The van der Waals surface area contributed by atoms with Crippen LogP contribution >= 0.6 is 0 Å². The summed E-state index contributed by atoms with van der Waals surface area (Å²) in [6, 6.07) is 6.66. The Hall–Kier alpha value is -3.24. The Labute approximate surface area is 346 Å². The monoisotopic (exact) mass is 803 g/mol. The lowest BCUT2D eigenvalue weighted by Crippen LogP contribution is -2.65. The molecule has 1 aliphatic heterocycles. The molecule has 4 saturated carbocycles. The number of fused-ring (bicyclic) bond motifs is 7. The quantitative estimate of drug-likeness (QED) is 0.108. The van der Waals surface area contributed by atoms with Crippen molar-refractivity contribution < 1.29 is 38.1 Å². The molecule has 1 aromatic carbocycles. The van der Waals surface area contributed by atoms with Gasteiger partial charge in [0.15, 0.2) is 0 Å². The van der Waals surface area contributed by atoms with E-state index in [2.05, 4.69) is 64.8 Å². The maximum absolute atomic E-state index is 14.4. The largest absolute Gasteiger partial charge is 0.464 e. The number of hydrogen-bond acceptors (Lipinski definition) is 9. The Kier molecular flexibility index (Phi) is 11.8. The number of benzene rings is 1. The van der Waals surface area contributed by atoms with Crippen LogP contribution in [-0.4, -0.2) is 87.4 Å². The number of nitrogens with one attached hydrogen (secondary N) is 1. The van der Waals surface area contributed by atoms with Gasteiger partial charge in [-0.2, -0.15) is 0 Å². The number of carbonyl (C=O) groups is 4. The molecule has 0 aromatic heterocycles. The average molecular weight is 803 g/mol. The van der Waals surface area contributed by atoms with E-state index in [9.17, 15) is 19.2 Å². The van der Waals surface area contributed by atoms with E-state index in [0.717, 1.165) is 97.1 Å². The Morgan fingerprint density at radius 2 is 1.50 bits per heavy atom. The standard InChI is InChI=1S/C48H70N2O8/c1-32(51)49-23-27-56-40(52)33-11-9-10-12-34(33)41(53)58-39-16-17-45(6)37(44(39,4)5)15-18-47(8)38(45)14-13-35-36-31-43(2,3)19-21-48(36,22-20-46(35,47)7)42(54)57-30-26-50-24-28-55-29-25-50/h9-13,36-39H,14-31H2,1-8H3,(H,49,51)/t36?,37-,38?,39-,45-,46+,47+,48-/m0/s1. The lowest BCUT2D eigenvalue weighted by atomic mass is 9.33. The van der Waals surface area contributed by atoms with Crippen LogP contribution in [0.5, 0.6) is 0 Å². The maximum Gasteiger partial charge on any atom is 0.339 e. The molecule has 5 fully saturated rings. The molecule has 2 unspecified atom stereocenters. The van der Waals surface area contributed by atoms with E-state index in [1.165, 1.54) is 12.5 Å². The van der Waals surface area contributed by atoms with E-state index in [1.54, 1.807) is 24.3 Å². The number of rotatable bonds is 10. The second-order valence-corrected chi connectivity index (χ2v) is 20.9. The third-order valence-corrected chi connectivity index (χ3v) is 17.1. The first-order valence-electron chi connectivity index (χ1n) is 22.3. The van der Waals surface area contributed by atoms with E-state index in [0.29, 0.717) is 18.4 Å². The third-order valence-electron chi connectivity index (χ3n) is 17.1. The molecule has 10 heteroatoms. The van der Waals surface area contributed by atoms with Crippen LogP contribution < -0.4 is 5.32 Å². The van der Waals surface area contributed by atoms with Crippen LogP contribution in [0.4, 0.5) is 0 Å². The summed E-state index contributed by atoms with van der Waals surface area (Å²) in [5, 5.41) is 2.62. The highest BCUT2D eigenvalue weighted by Gasteiger charge is 2.69. The first-order valence-corrected chi connectivity index (χ1v) is 22.3. The van der Waals surface area contributed by atoms with E-state index < -0.39 is 17.4 Å². The maximum atomic E-state index is 14.4.